The molecule has 3 nitrogen and oxygen atoms in total. The molecule has 0 bridgehead atoms. The van der Waals surface area contributed by atoms with Crippen molar-refractivity contribution in [3.63, 3.8) is 0 Å². The van der Waals surface area contributed by atoms with Gasteiger partial charge in [-0.25, -0.2) is 22.8 Å². The first-order valence-electron chi connectivity index (χ1n) is 7.52. The maximum Gasteiger partial charge on any atom is 0.264 e. The van der Waals surface area contributed by atoms with Crippen molar-refractivity contribution in [2.45, 2.75) is 13.3 Å². The Morgan fingerprint density at radius 3 is 2.48 bits per heavy atom. The molecule has 4 aromatic rings. The number of halogens is 3. The van der Waals surface area contributed by atoms with Crippen LogP contribution in [0.3, 0.4) is 0 Å². The molecule has 0 unspecified atom stereocenters. The summed E-state index contributed by atoms with van der Waals surface area (Å²) >= 11 is 1.49. The van der Waals surface area contributed by atoms with Crippen molar-refractivity contribution in [2.75, 3.05) is 0 Å². The summed E-state index contributed by atoms with van der Waals surface area (Å²) < 4.78 is 41.7. The Morgan fingerprint density at radius 2 is 1.84 bits per heavy atom. The lowest BCUT2D eigenvalue weighted by atomic mass is 10.1. The van der Waals surface area contributed by atoms with Crippen LogP contribution in [-0.2, 0) is 0 Å². The molecule has 1 aromatic carbocycles. The number of rotatable bonds is 3. The molecule has 0 amide bonds. The van der Waals surface area contributed by atoms with E-state index in [2.05, 4.69) is 10.1 Å². The Bertz CT molecular complexity index is 1050. The number of pyridine rings is 1. The second-order valence-corrected chi connectivity index (χ2v) is 6.87. The van der Waals surface area contributed by atoms with Crippen LogP contribution in [0.1, 0.15) is 16.9 Å². The van der Waals surface area contributed by atoms with Gasteiger partial charge in [-0.15, -0.1) is 11.3 Å². The summed E-state index contributed by atoms with van der Waals surface area (Å²) in [6.45, 7) is 1.95. The van der Waals surface area contributed by atoms with Crippen LogP contribution in [0.25, 0.3) is 27.3 Å². The molecule has 0 spiro atoms. The van der Waals surface area contributed by atoms with Crippen LogP contribution in [-0.4, -0.2) is 14.8 Å². The highest BCUT2D eigenvalue weighted by atomic mass is 32.1. The van der Waals surface area contributed by atoms with Crippen molar-refractivity contribution < 1.29 is 13.2 Å². The molecule has 0 aliphatic carbocycles. The predicted octanol–water partition coefficient (Wildman–Crippen LogP) is 5.53. The smallest absolute Gasteiger partial charge is 0.227 e. The van der Waals surface area contributed by atoms with Gasteiger partial charge in [-0.1, -0.05) is 0 Å². The van der Waals surface area contributed by atoms with E-state index in [4.69, 9.17) is 0 Å². The molecule has 126 valence electrons. The summed E-state index contributed by atoms with van der Waals surface area (Å²) in [6, 6.07) is 10.9. The van der Waals surface area contributed by atoms with Crippen molar-refractivity contribution in [2.24, 2.45) is 0 Å². The SMILES string of the molecule is Cc1ccc(-c2cc(C(F)F)c3cnn(-c4ccc(F)cc4)c3n2)s1. The van der Waals surface area contributed by atoms with Crippen molar-refractivity contribution in [3.05, 3.63) is 64.9 Å². The van der Waals surface area contributed by atoms with Gasteiger partial charge in [0.2, 0.25) is 0 Å². The number of thiophene rings is 1. The van der Waals surface area contributed by atoms with Gasteiger partial charge in [0.05, 0.1) is 22.5 Å². The number of benzene rings is 1. The lowest BCUT2D eigenvalue weighted by Gasteiger charge is -2.07. The third-order valence-electron chi connectivity index (χ3n) is 3.87. The fraction of sp³-hybridized carbons (Fsp3) is 0.111. The van der Waals surface area contributed by atoms with E-state index in [9.17, 15) is 13.2 Å². The maximum atomic E-state index is 13.6. The average Bonchev–Trinajstić information content (AvgIpc) is 3.21. The van der Waals surface area contributed by atoms with E-state index in [1.807, 2.05) is 19.1 Å². The number of hydrogen-bond acceptors (Lipinski definition) is 3. The summed E-state index contributed by atoms with van der Waals surface area (Å²) in [5.41, 5.74) is 1.25. The van der Waals surface area contributed by atoms with Gasteiger partial charge in [-0.3, -0.25) is 0 Å². The monoisotopic (exact) mass is 359 g/mol. The molecule has 0 radical (unpaired) electrons. The molecule has 0 fully saturated rings. The molecule has 3 aromatic heterocycles. The van der Waals surface area contributed by atoms with Crippen LogP contribution in [0.15, 0.2) is 48.7 Å². The van der Waals surface area contributed by atoms with E-state index in [-0.39, 0.29) is 16.8 Å². The minimum Gasteiger partial charge on any atom is -0.227 e. The maximum absolute atomic E-state index is 13.6. The highest BCUT2D eigenvalue weighted by Gasteiger charge is 2.19. The minimum atomic E-state index is -2.64. The molecular weight excluding hydrogens is 347 g/mol. The first kappa shape index (κ1) is 15.8. The van der Waals surface area contributed by atoms with Gasteiger partial charge in [-0.2, -0.15) is 5.10 Å². The van der Waals surface area contributed by atoms with Gasteiger partial charge in [0.25, 0.3) is 6.43 Å². The van der Waals surface area contributed by atoms with Crippen molar-refractivity contribution in [1.29, 1.82) is 0 Å². The number of nitrogens with zero attached hydrogens (tertiary/aromatic N) is 3. The fourth-order valence-electron chi connectivity index (χ4n) is 2.67. The van der Waals surface area contributed by atoms with Crippen molar-refractivity contribution in [1.82, 2.24) is 14.8 Å². The van der Waals surface area contributed by atoms with Crippen LogP contribution >= 0.6 is 11.3 Å². The zero-order valence-electron chi connectivity index (χ0n) is 13.1. The number of fused-ring (bicyclic) bond motifs is 1. The van der Waals surface area contributed by atoms with Crippen LogP contribution < -0.4 is 0 Å². The topological polar surface area (TPSA) is 30.7 Å². The minimum absolute atomic E-state index is 0.112. The van der Waals surface area contributed by atoms with E-state index < -0.39 is 6.43 Å². The van der Waals surface area contributed by atoms with Gasteiger partial charge in [0.15, 0.2) is 5.65 Å². The number of aryl methyl sites for hydroxylation is 1. The molecule has 0 aliphatic rings. The first-order valence-corrected chi connectivity index (χ1v) is 8.34. The lowest BCUT2D eigenvalue weighted by molar-refractivity contribution is 0.153. The summed E-state index contributed by atoms with van der Waals surface area (Å²) in [4.78, 5) is 6.43. The van der Waals surface area contributed by atoms with E-state index in [1.54, 1.807) is 0 Å². The third kappa shape index (κ3) is 2.80. The fourth-order valence-corrected chi connectivity index (χ4v) is 3.50. The third-order valence-corrected chi connectivity index (χ3v) is 4.90. The van der Waals surface area contributed by atoms with Crippen LogP contribution in [0.4, 0.5) is 13.2 Å². The normalized spacial score (nSPS) is 11.6. The molecule has 0 saturated carbocycles. The van der Waals surface area contributed by atoms with Crippen LogP contribution in [0.2, 0.25) is 0 Å². The quantitative estimate of drug-likeness (QED) is 0.481. The zero-order valence-corrected chi connectivity index (χ0v) is 13.9. The molecule has 25 heavy (non-hydrogen) atoms. The van der Waals surface area contributed by atoms with E-state index in [0.29, 0.717) is 17.0 Å². The second-order valence-electron chi connectivity index (χ2n) is 5.58. The van der Waals surface area contributed by atoms with Crippen LogP contribution in [0, 0.1) is 12.7 Å². The Labute approximate surface area is 145 Å². The van der Waals surface area contributed by atoms with Gasteiger partial charge >= 0.3 is 0 Å². The lowest BCUT2D eigenvalue weighted by Crippen LogP contribution is -1.99. The van der Waals surface area contributed by atoms with Gasteiger partial charge < -0.3 is 0 Å². The van der Waals surface area contributed by atoms with E-state index in [0.717, 1.165) is 9.75 Å². The zero-order chi connectivity index (χ0) is 17.6. The Balaban J connectivity index is 1.97. The molecule has 3 heterocycles. The molecule has 0 N–H and O–H groups in total. The summed E-state index contributed by atoms with van der Waals surface area (Å²) in [5, 5.41) is 4.47. The first-order chi connectivity index (χ1) is 12.0. The Hall–Kier alpha value is -2.67. The highest BCUT2D eigenvalue weighted by Crippen LogP contribution is 2.34. The largest absolute Gasteiger partial charge is 0.264 e. The number of hydrogen-bond donors (Lipinski definition) is 0. The number of alkyl halides is 2. The van der Waals surface area contributed by atoms with Gasteiger partial charge in [0.1, 0.15) is 5.82 Å². The predicted molar refractivity (Wildman–Crippen MR) is 91.8 cm³/mol. The summed E-state index contributed by atoms with van der Waals surface area (Å²) in [5.74, 6) is -0.379. The molecule has 7 heteroatoms. The molecule has 4 rings (SSSR count). The van der Waals surface area contributed by atoms with E-state index in [1.165, 1.54) is 52.5 Å². The second kappa shape index (κ2) is 6.00. The Kier molecular flexibility index (Phi) is 3.80. The molecule has 0 atom stereocenters. The number of aromatic nitrogens is 3. The van der Waals surface area contributed by atoms with Crippen molar-refractivity contribution >= 4 is 22.4 Å². The molecule has 0 saturated heterocycles. The van der Waals surface area contributed by atoms with Gasteiger partial charge in [-0.05, 0) is 49.4 Å². The summed E-state index contributed by atoms with van der Waals surface area (Å²) in [7, 11) is 0. The molecular formula is C18H12F3N3S. The highest BCUT2D eigenvalue weighted by molar-refractivity contribution is 7.15. The van der Waals surface area contributed by atoms with Crippen molar-refractivity contribution in [3.8, 4) is 16.3 Å². The van der Waals surface area contributed by atoms with E-state index >= 15 is 0 Å². The van der Waals surface area contributed by atoms with Gasteiger partial charge in [0, 0.05) is 15.8 Å². The average molecular weight is 359 g/mol. The summed E-state index contributed by atoms with van der Waals surface area (Å²) in [6.07, 6.45) is -1.27. The Morgan fingerprint density at radius 1 is 1.08 bits per heavy atom. The standard InChI is InChI=1S/C18H12F3N3S/c1-10-2-7-16(25-10)15-8-13(17(20)21)14-9-22-24(18(14)23-15)12-5-3-11(19)4-6-12/h2-9,17H,1H3. The molecule has 0 aliphatic heterocycles. The van der Waals surface area contributed by atoms with Crippen LogP contribution in [0.5, 0.6) is 0 Å².